The van der Waals surface area contributed by atoms with Crippen molar-refractivity contribution in [3.63, 3.8) is 0 Å². The highest BCUT2D eigenvalue weighted by molar-refractivity contribution is 9.10. The van der Waals surface area contributed by atoms with Crippen molar-refractivity contribution in [1.82, 2.24) is 19.9 Å². The fraction of sp³-hybridized carbons (Fsp3) is 0.300. The number of rotatable bonds is 7. The van der Waals surface area contributed by atoms with E-state index in [0.717, 1.165) is 31.5 Å². The van der Waals surface area contributed by atoms with E-state index in [1.54, 1.807) is 17.9 Å². The van der Waals surface area contributed by atoms with Crippen molar-refractivity contribution in [1.29, 1.82) is 0 Å². The minimum Gasteiger partial charge on any atom is -0.493 e. The maximum absolute atomic E-state index is 13.4. The Morgan fingerprint density at radius 2 is 1.74 bits per heavy atom. The molecule has 0 saturated heterocycles. The van der Waals surface area contributed by atoms with Gasteiger partial charge >= 0.3 is 5.97 Å². The summed E-state index contributed by atoms with van der Waals surface area (Å²) >= 11 is 7.25. The Hall–Kier alpha value is -3.81. The van der Waals surface area contributed by atoms with E-state index in [4.69, 9.17) is 28.4 Å². The number of hydrogen-bond acceptors (Lipinski definition) is 10. The molecule has 0 unspecified atom stereocenters. The summed E-state index contributed by atoms with van der Waals surface area (Å²) in [6, 6.07) is 11.0. The van der Waals surface area contributed by atoms with Gasteiger partial charge in [-0.2, -0.15) is 0 Å². The number of ether oxygens (including phenoxy) is 6. The summed E-state index contributed by atoms with van der Waals surface area (Å²) in [5.41, 5.74) is 4.54. The predicted octanol–water partition coefficient (Wildman–Crippen LogP) is 5.56. The number of cyclic esters (lactones) is 1. The number of hydrogen-bond donors (Lipinski definition) is 0. The number of fused-ring (bicyclic) bond motifs is 3. The fourth-order valence-electron chi connectivity index (χ4n) is 6.14. The predicted molar refractivity (Wildman–Crippen MR) is 160 cm³/mol. The Bertz CT molecular complexity index is 1740. The van der Waals surface area contributed by atoms with Gasteiger partial charge in [0.25, 0.3) is 0 Å². The highest BCUT2D eigenvalue weighted by Gasteiger charge is 2.48. The van der Waals surface area contributed by atoms with Gasteiger partial charge in [0.2, 0.25) is 12.5 Å². The molecule has 3 aliphatic rings. The lowest BCUT2D eigenvalue weighted by molar-refractivity contribution is 0.000180. The van der Waals surface area contributed by atoms with E-state index in [2.05, 4.69) is 47.1 Å². The van der Waals surface area contributed by atoms with Crippen molar-refractivity contribution < 1.29 is 33.2 Å². The van der Waals surface area contributed by atoms with E-state index in [-0.39, 0.29) is 6.79 Å². The highest BCUT2D eigenvalue weighted by atomic mass is 79.9. The Morgan fingerprint density at radius 1 is 0.977 bits per heavy atom. The van der Waals surface area contributed by atoms with Crippen LogP contribution < -0.4 is 23.7 Å². The fourth-order valence-corrected chi connectivity index (χ4v) is 7.11. The van der Waals surface area contributed by atoms with Gasteiger partial charge in [-0.15, -0.1) is 5.10 Å². The van der Waals surface area contributed by atoms with Gasteiger partial charge in [0, 0.05) is 28.7 Å². The SMILES string of the molecule is COc1ccc2c(c1OC)C(=O)O[C@@H]2[C@H]1c2c(c(Br)c3c(c2OC)OCO3)CCN1Cc1cn(-c2ccc(Br)cc2)nn1. The lowest BCUT2D eigenvalue weighted by Crippen LogP contribution is -2.39. The molecule has 0 bridgehead atoms. The van der Waals surface area contributed by atoms with E-state index in [1.165, 1.54) is 14.2 Å². The zero-order valence-electron chi connectivity index (χ0n) is 23.4. The van der Waals surface area contributed by atoms with Crippen LogP contribution in [-0.4, -0.2) is 60.5 Å². The lowest BCUT2D eigenvalue weighted by atomic mass is 9.85. The number of carbonyl (C=O) groups is 1. The van der Waals surface area contributed by atoms with Crippen molar-refractivity contribution in [3.05, 3.63) is 79.5 Å². The molecule has 0 radical (unpaired) electrons. The maximum atomic E-state index is 13.4. The third-order valence-electron chi connectivity index (χ3n) is 8.00. The topological polar surface area (TPSA) is 106 Å². The van der Waals surface area contributed by atoms with Crippen LogP contribution in [0.15, 0.2) is 51.5 Å². The molecule has 0 aliphatic carbocycles. The van der Waals surface area contributed by atoms with Gasteiger partial charge in [-0.3, -0.25) is 4.90 Å². The molecule has 1 aromatic heterocycles. The van der Waals surface area contributed by atoms with Gasteiger partial charge in [0.15, 0.2) is 23.0 Å². The molecule has 11 nitrogen and oxygen atoms in total. The zero-order chi connectivity index (χ0) is 29.8. The summed E-state index contributed by atoms with van der Waals surface area (Å²) in [4.78, 5) is 15.7. The second kappa shape index (κ2) is 11.0. The molecule has 222 valence electrons. The third-order valence-corrected chi connectivity index (χ3v) is 9.37. The van der Waals surface area contributed by atoms with Crippen LogP contribution in [0, 0.1) is 0 Å². The molecule has 4 aromatic rings. The number of nitrogens with zero attached hydrogens (tertiary/aromatic N) is 4. The molecule has 3 aliphatic heterocycles. The van der Waals surface area contributed by atoms with Crippen LogP contribution in [-0.2, 0) is 17.7 Å². The van der Waals surface area contributed by atoms with Crippen LogP contribution in [0.3, 0.4) is 0 Å². The van der Waals surface area contributed by atoms with Gasteiger partial charge in [0.05, 0.1) is 49.4 Å². The summed E-state index contributed by atoms with van der Waals surface area (Å²) in [6.45, 7) is 1.16. The van der Waals surface area contributed by atoms with Crippen LogP contribution in [0.25, 0.3) is 5.69 Å². The van der Waals surface area contributed by atoms with Crippen molar-refractivity contribution >= 4 is 37.8 Å². The van der Waals surface area contributed by atoms with Gasteiger partial charge in [-0.1, -0.05) is 27.2 Å². The molecule has 3 aromatic carbocycles. The molecule has 43 heavy (non-hydrogen) atoms. The quantitative estimate of drug-likeness (QED) is 0.226. The highest BCUT2D eigenvalue weighted by Crippen LogP contribution is 2.58. The molecule has 0 N–H and O–H groups in total. The Labute approximate surface area is 263 Å². The summed E-state index contributed by atoms with van der Waals surface area (Å²) in [7, 11) is 4.65. The molecule has 0 amide bonds. The summed E-state index contributed by atoms with van der Waals surface area (Å²) in [5, 5.41) is 8.86. The molecular weight excluding hydrogens is 688 g/mol. The number of benzene rings is 3. The summed E-state index contributed by atoms with van der Waals surface area (Å²) in [6.07, 6.45) is 1.90. The smallest absolute Gasteiger partial charge is 0.343 e. The first kappa shape index (κ1) is 28.0. The van der Waals surface area contributed by atoms with E-state index in [1.807, 2.05) is 36.5 Å². The minimum absolute atomic E-state index is 0.0823. The Morgan fingerprint density at radius 3 is 2.49 bits per heavy atom. The van der Waals surface area contributed by atoms with Crippen LogP contribution in [0.5, 0.6) is 28.7 Å². The number of aromatic nitrogens is 3. The largest absolute Gasteiger partial charge is 0.493 e. The van der Waals surface area contributed by atoms with E-state index < -0.39 is 18.1 Å². The van der Waals surface area contributed by atoms with Crippen LogP contribution in [0.1, 0.15) is 44.9 Å². The monoisotopic (exact) mass is 712 g/mol. The van der Waals surface area contributed by atoms with Gasteiger partial charge in [-0.25, -0.2) is 9.48 Å². The van der Waals surface area contributed by atoms with E-state index in [0.29, 0.717) is 59.4 Å². The maximum Gasteiger partial charge on any atom is 0.343 e. The van der Waals surface area contributed by atoms with Gasteiger partial charge in [0.1, 0.15) is 11.7 Å². The third kappa shape index (κ3) is 4.52. The molecule has 13 heteroatoms. The number of carbonyl (C=O) groups excluding carboxylic acids is 1. The first-order valence-electron chi connectivity index (χ1n) is 13.5. The second-order valence-corrected chi connectivity index (χ2v) is 11.9. The Balaban J connectivity index is 1.35. The average Bonchev–Trinajstić information content (AvgIpc) is 3.77. The number of esters is 1. The van der Waals surface area contributed by atoms with E-state index >= 15 is 0 Å². The molecule has 7 rings (SSSR count). The standard InChI is InChI=1S/C30H26Br2N4O7/c1-38-20-9-8-19-22(26(20)39-2)30(37)43-25(19)24-21-18(23(32)28-29(27(21)40-3)42-14-41-28)10-11-35(24)12-16-13-36(34-33-16)17-6-4-15(31)5-7-17/h4-9,13,24-25H,10-12,14H2,1-3H3/t24-,25+/m1/s1. The Kier molecular flexibility index (Phi) is 7.18. The molecule has 4 heterocycles. The molecule has 0 saturated carbocycles. The molecule has 0 fully saturated rings. The van der Waals surface area contributed by atoms with Crippen molar-refractivity contribution in [2.45, 2.75) is 25.1 Å². The van der Waals surface area contributed by atoms with Crippen LogP contribution >= 0.6 is 31.9 Å². The van der Waals surface area contributed by atoms with Crippen LogP contribution in [0.2, 0.25) is 0 Å². The van der Waals surface area contributed by atoms with Gasteiger partial charge < -0.3 is 28.4 Å². The summed E-state index contributed by atoms with van der Waals surface area (Å²) < 4.78 is 38.5. The molecule has 2 atom stereocenters. The van der Waals surface area contributed by atoms with E-state index in [9.17, 15) is 4.79 Å². The minimum atomic E-state index is -0.691. The zero-order valence-corrected chi connectivity index (χ0v) is 26.6. The van der Waals surface area contributed by atoms with Gasteiger partial charge in [-0.05, 0) is 58.2 Å². The first-order chi connectivity index (χ1) is 20.9. The van der Waals surface area contributed by atoms with Crippen molar-refractivity contribution in [2.75, 3.05) is 34.7 Å². The summed E-state index contributed by atoms with van der Waals surface area (Å²) in [5.74, 6) is 1.97. The van der Waals surface area contributed by atoms with Crippen molar-refractivity contribution in [3.8, 4) is 34.4 Å². The number of methoxy groups -OCH3 is 3. The first-order valence-corrected chi connectivity index (χ1v) is 15.1. The van der Waals surface area contributed by atoms with Crippen molar-refractivity contribution in [2.24, 2.45) is 0 Å². The molecular formula is C30H26Br2N4O7. The normalized spacial score (nSPS) is 18.7. The lowest BCUT2D eigenvalue weighted by Gasteiger charge is -2.40. The second-order valence-electron chi connectivity index (χ2n) is 10.2. The molecule has 0 spiro atoms. The van der Waals surface area contributed by atoms with Crippen LogP contribution in [0.4, 0.5) is 0 Å². The number of halogens is 2. The average molecular weight is 714 g/mol.